The molecule has 2 amide bonds. The van der Waals surface area contributed by atoms with Crippen molar-refractivity contribution in [3.63, 3.8) is 0 Å². The van der Waals surface area contributed by atoms with Gasteiger partial charge in [0.2, 0.25) is 11.8 Å². The molecule has 228 valence electrons. The zero-order valence-corrected chi connectivity index (χ0v) is 24.3. The number of aromatic nitrogens is 2. The van der Waals surface area contributed by atoms with Gasteiger partial charge in [0.15, 0.2) is 11.5 Å². The van der Waals surface area contributed by atoms with E-state index < -0.39 is 41.5 Å². The first-order valence-electron chi connectivity index (χ1n) is 13.9. The summed E-state index contributed by atoms with van der Waals surface area (Å²) in [5.41, 5.74) is -0.123. The third-order valence-electron chi connectivity index (χ3n) is 6.63. The van der Waals surface area contributed by atoms with Crippen LogP contribution < -0.4 is 10.1 Å². The number of hydrogen-bond acceptors (Lipinski definition) is 9. The van der Waals surface area contributed by atoms with E-state index in [9.17, 15) is 29.1 Å². The lowest BCUT2D eigenvalue weighted by molar-refractivity contribution is -0.138. The zero-order valence-electron chi connectivity index (χ0n) is 24.3. The molecule has 1 atom stereocenters. The van der Waals surface area contributed by atoms with Gasteiger partial charge < -0.3 is 29.5 Å². The van der Waals surface area contributed by atoms with Crippen LogP contribution in [-0.4, -0.2) is 88.0 Å². The molecule has 0 unspecified atom stereocenters. The minimum Gasteiger partial charge on any atom is -0.481 e. The predicted octanol–water partition coefficient (Wildman–Crippen LogP) is 2.99. The average Bonchev–Trinajstić information content (AvgIpc) is 3.38. The number of aliphatic carboxylic acids is 1. The number of nitrogens with one attached hydrogen (secondary N) is 1. The van der Waals surface area contributed by atoms with Crippen LogP contribution in [0.2, 0.25) is 0 Å². The molecule has 0 spiro atoms. The molecule has 1 fully saturated rings. The fourth-order valence-corrected chi connectivity index (χ4v) is 4.15. The number of rotatable bonds is 12. The molecule has 0 saturated carbocycles. The molecule has 2 N–H and O–H groups in total. The fourth-order valence-electron chi connectivity index (χ4n) is 4.15. The monoisotopic (exact) mass is 586 g/mol. The van der Waals surface area contributed by atoms with Crippen LogP contribution in [0, 0.1) is 5.41 Å². The van der Waals surface area contributed by atoms with Gasteiger partial charge in [-0.1, -0.05) is 39.0 Å². The molecule has 13 heteroatoms. The SMILES string of the molecule is CCOC(=O)OC1CCN(C(=O)[C@H](CCC(=O)O)NC(=O)c2cc(OCC(=O)C(C)(C)C)n(-c3ccccc3)n2)CC1. The number of ether oxygens (including phenoxy) is 3. The first kappa shape index (κ1) is 32.1. The maximum Gasteiger partial charge on any atom is 0.508 e. The van der Waals surface area contributed by atoms with Crippen LogP contribution in [0.15, 0.2) is 36.4 Å². The van der Waals surface area contributed by atoms with E-state index in [0.717, 1.165) is 0 Å². The maximum atomic E-state index is 13.4. The number of carboxylic acids is 1. The molecule has 0 bridgehead atoms. The molecule has 42 heavy (non-hydrogen) atoms. The summed E-state index contributed by atoms with van der Waals surface area (Å²) in [6.45, 7) is 7.45. The van der Waals surface area contributed by atoms with Crippen LogP contribution in [0.5, 0.6) is 5.88 Å². The van der Waals surface area contributed by atoms with Gasteiger partial charge in [0.1, 0.15) is 18.8 Å². The van der Waals surface area contributed by atoms with E-state index in [4.69, 9.17) is 14.2 Å². The number of para-hydroxylation sites is 1. The Kier molecular flexibility index (Phi) is 11.1. The van der Waals surface area contributed by atoms with E-state index in [1.807, 2.05) is 6.07 Å². The van der Waals surface area contributed by atoms with E-state index in [0.29, 0.717) is 18.5 Å². The van der Waals surface area contributed by atoms with Crippen LogP contribution >= 0.6 is 0 Å². The highest BCUT2D eigenvalue weighted by molar-refractivity contribution is 5.96. The van der Waals surface area contributed by atoms with Crippen LogP contribution in [0.1, 0.15) is 63.9 Å². The van der Waals surface area contributed by atoms with Crippen LogP contribution in [-0.2, 0) is 23.9 Å². The number of piperidine rings is 1. The highest BCUT2D eigenvalue weighted by Crippen LogP contribution is 2.22. The summed E-state index contributed by atoms with van der Waals surface area (Å²) in [7, 11) is 0. The number of likely N-dealkylation sites (tertiary alicyclic amines) is 1. The van der Waals surface area contributed by atoms with Crippen molar-refractivity contribution in [2.75, 3.05) is 26.3 Å². The van der Waals surface area contributed by atoms with Gasteiger partial charge in [-0.25, -0.2) is 9.48 Å². The number of ketones is 1. The van der Waals surface area contributed by atoms with Crippen molar-refractivity contribution in [2.24, 2.45) is 5.41 Å². The summed E-state index contributed by atoms with van der Waals surface area (Å²) in [4.78, 5) is 63.6. The Hall–Kier alpha value is -4.42. The number of Topliss-reactive ketones (excluding diaryl/α,β-unsaturated/α-hetero) is 1. The van der Waals surface area contributed by atoms with Crippen molar-refractivity contribution < 1.29 is 43.3 Å². The molecule has 1 aromatic heterocycles. The molecule has 1 aliphatic heterocycles. The highest BCUT2D eigenvalue weighted by Gasteiger charge is 2.32. The van der Waals surface area contributed by atoms with Crippen molar-refractivity contribution in [3.8, 4) is 11.6 Å². The standard InChI is InChI=1S/C29H38N4O9/c1-5-40-28(39)42-20-13-15-32(16-14-20)27(38)21(11-12-25(35)36)30-26(37)22-17-24(41-18-23(34)29(2,3)4)33(31-22)19-9-7-6-8-10-19/h6-10,17,20-21H,5,11-16,18H2,1-4H3,(H,30,37)(H,35,36)/t21-/m0/s1. The predicted molar refractivity (Wildman–Crippen MR) is 149 cm³/mol. The minimum absolute atomic E-state index is 0.0771. The van der Waals surface area contributed by atoms with Gasteiger partial charge in [-0.3, -0.25) is 19.2 Å². The second-order valence-corrected chi connectivity index (χ2v) is 10.9. The molecular formula is C29H38N4O9. The Balaban J connectivity index is 1.76. The molecule has 2 aromatic rings. The first-order valence-corrected chi connectivity index (χ1v) is 13.9. The third-order valence-corrected chi connectivity index (χ3v) is 6.63. The van der Waals surface area contributed by atoms with Crippen molar-refractivity contribution in [1.82, 2.24) is 20.0 Å². The van der Waals surface area contributed by atoms with Gasteiger partial charge in [0.25, 0.3) is 5.91 Å². The first-order chi connectivity index (χ1) is 19.9. The summed E-state index contributed by atoms with van der Waals surface area (Å²) >= 11 is 0. The zero-order chi connectivity index (χ0) is 30.9. The normalized spacial score (nSPS) is 14.5. The molecule has 1 aromatic carbocycles. The van der Waals surface area contributed by atoms with Crippen molar-refractivity contribution in [3.05, 3.63) is 42.1 Å². The van der Waals surface area contributed by atoms with E-state index in [1.54, 1.807) is 52.0 Å². The largest absolute Gasteiger partial charge is 0.508 e. The quantitative estimate of drug-likeness (QED) is 0.353. The van der Waals surface area contributed by atoms with E-state index >= 15 is 0 Å². The number of amides is 2. The van der Waals surface area contributed by atoms with Gasteiger partial charge >= 0.3 is 12.1 Å². The fraction of sp³-hybridized carbons (Fsp3) is 0.517. The Morgan fingerprint density at radius 1 is 1.10 bits per heavy atom. The van der Waals surface area contributed by atoms with Crippen LogP contribution in [0.3, 0.4) is 0 Å². The third kappa shape index (κ3) is 9.05. The van der Waals surface area contributed by atoms with Gasteiger partial charge in [-0.15, -0.1) is 0 Å². The number of carbonyl (C=O) groups excluding carboxylic acids is 4. The summed E-state index contributed by atoms with van der Waals surface area (Å²) < 4.78 is 17.2. The second kappa shape index (κ2) is 14.5. The van der Waals surface area contributed by atoms with E-state index in [1.165, 1.54) is 15.6 Å². The van der Waals surface area contributed by atoms with E-state index in [2.05, 4.69) is 10.4 Å². The van der Waals surface area contributed by atoms with Crippen molar-refractivity contribution in [1.29, 1.82) is 0 Å². The number of hydrogen-bond donors (Lipinski definition) is 2. The number of carboxylic acid groups (broad SMARTS) is 1. The number of benzene rings is 1. The smallest absolute Gasteiger partial charge is 0.481 e. The molecule has 0 aliphatic carbocycles. The molecule has 1 aliphatic rings. The Bertz CT molecular complexity index is 1260. The topological polar surface area (TPSA) is 166 Å². The molecule has 2 heterocycles. The Morgan fingerprint density at radius 2 is 1.76 bits per heavy atom. The lowest BCUT2D eigenvalue weighted by Gasteiger charge is -2.33. The number of nitrogens with zero attached hydrogens (tertiary/aromatic N) is 3. The van der Waals surface area contributed by atoms with Crippen molar-refractivity contribution in [2.45, 2.75) is 65.5 Å². The van der Waals surface area contributed by atoms with Crippen LogP contribution in [0.25, 0.3) is 5.69 Å². The molecule has 0 radical (unpaired) electrons. The van der Waals surface area contributed by atoms with E-state index in [-0.39, 0.29) is 56.5 Å². The van der Waals surface area contributed by atoms with Gasteiger partial charge in [0, 0.05) is 43.8 Å². The highest BCUT2D eigenvalue weighted by atomic mass is 16.7. The minimum atomic E-state index is -1.13. The lowest BCUT2D eigenvalue weighted by Crippen LogP contribution is -2.51. The Labute approximate surface area is 244 Å². The molecule has 3 rings (SSSR count). The van der Waals surface area contributed by atoms with Gasteiger partial charge in [-0.2, -0.15) is 5.10 Å². The maximum absolute atomic E-state index is 13.4. The van der Waals surface area contributed by atoms with Gasteiger partial charge in [-0.05, 0) is 25.5 Å². The molecule has 13 nitrogen and oxygen atoms in total. The number of carbonyl (C=O) groups is 5. The Morgan fingerprint density at radius 3 is 2.36 bits per heavy atom. The summed E-state index contributed by atoms with van der Waals surface area (Å²) in [5, 5.41) is 16.2. The summed E-state index contributed by atoms with van der Waals surface area (Å²) in [6, 6.07) is 9.11. The lowest BCUT2D eigenvalue weighted by atomic mass is 9.91. The van der Waals surface area contributed by atoms with Crippen LogP contribution in [0.4, 0.5) is 4.79 Å². The summed E-state index contributed by atoms with van der Waals surface area (Å²) in [6.07, 6.45) is -0.914. The molecular weight excluding hydrogens is 548 g/mol. The van der Waals surface area contributed by atoms with Crippen molar-refractivity contribution >= 4 is 29.7 Å². The average molecular weight is 587 g/mol. The molecule has 1 saturated heterocycles. The second-order valence-electron chi connectivity index (χ2n) is 10.9. The summed E-state index contributed by atoms with van der Waals surface area (Å²) in [5.74, 6) is -2.27. The van der Waals surface area contributed by atoms with Gasteiger partial charge in [0.05, 0.1) is 12.3 Å².